The van der Waals surface area contributed by atoms with Gasteiger partial charge >= 0.3 is 0 Å². The third kappa shape index (κ3) is 4.42. The summed E-state index contributed by atoms with van der Waals surface area (Å²) in [6.07, 6.45) is 1.69. The SMILES string of the molecule is CCOCCC(Cl)Cc1ccccc1OC. The van der Waals surface area contributed by atoms with Gasteiger partial charge in [-0.05, 0) is 31.4 Å². The molecule has 3 heteroatoms. The first-order valence-corrected chi connectivity index (χ1v) is 6.05. The summed E-state index contributed by atoms with van der Waals surface area (Å²) in [5, 5.41) is 0.0999. The number of para-hydroxylation sites is 1. The van der Waals surface area contributed by atoms with Crippen LogP contribution >= 0.6 is 11.6 Å². The molecular weight excluding hydrogens is 224 g/mol. The lowest BCUT2D eigenvalue weighted by atomic mass is 10.1. The minimum Gasteiger partial charge on any atom is -0.496 e. The molecule has 1 rings (SSSR count). The predicted octanol–water partition coefficient (Wildman–Crippen LogP) is 3.27. The standard InChI is InChI=1S/C13H19ClO2/c1-3-16-9-8-12(14)10-11-6-4-5-7-13(11)15-2/h4-7,12H,3,8-10H2,1-2H3. The molecule has 1 unspecified atom stereocenters. The van der Waals surface area contributed by atoms with Crippen LogP contribution in [-0.2, 0) is 11.2 Å². The Hall–Kier alpha value is -0.730. The zero-order chi connectivity index (χ0) is 11.8. The van der Waals surface area contributed by atoms with E-state index in [4.69, 9.17) is 21.1 Å². The number of methoxy groups -OCH3 is 1. The average molecular weight is 243 g/mol. The second-order valence-corrected chi connectivity index (χ2v) is 4.22. The van der Waals surface area contributed by atoms with Gasteiger partial charge in [0.25, 0.3) is 0 Å². The second-order valence-electron chi connectivity index (χ2n) is 3.60. The first kappa shape index (κ1) is 13.3. The van der Waals surface area contributed by atoms with Crippen molar-refractivity contribution < 1.29 is 9.47 Å². The maximum atomic E-state index is 6.24. The van der Waals surface area contributed by atoms with Gasteiger partial charge < -0.3 is 9.47 Å². The summed E-state index contributed by atoms with van der Waals surface area (Å²) in [6, 6.07) is 7.98. The van der Waals surface area contributed by atoms with Crippen LogP contribution in [0.25, 0.3) is 0 Å². The summed E-state index contributed by atoms with van der Waals surface area (Å²) in [6.45, 7) is 3.46. The summed E-state index contributed by atoms with van der Waals surface area (Å²) in [5.41, 5.74) is 1.15. The zero-order valence-corrected chi connectivity index (χ0v) is 10.7. The number of rotatable bonds is 7. The molecule has 0 saturated heterocycles. The van der Waals surface area contributed by atoms with Gasteiger partial charge in [-0.15, -0.1) is 11.6 Å². The molecule has 0 amide bonds. The van der Waals surface area contributed by atoms with Crippen LogP contribution < -0.4 is 4.74 Å². The third-order valence-electron chi connectivity index (χ3n) is 2.41. The van der Waals surface area contributed by atoms with E-state index in [-0.39, 0.29) is 5.38 Å². The molecule has 0 aliphatic rings. The number of hydrogen-bond donors (Lipinski definition) is 0. The average Bonchev–Trinajstić information content (AvgIpc) is 2.30. The van der Waals surface area contributed by atoms with Crippen molar-refractivity contribution in [1.82, 2.24) is 0 Å². The molecule has 16 heavy (non-hydrogen) atoms. The molecule has 90 valence electrons. The summed E-state index contributed by atoms with van der Waals surface area (Å²) in [4.78, 5) is 0. The first-order valence-electron chi connectivity index (χ1n) is 5.61. The Morgan fingerprint density at radius 1 is 1.31 bits per heavy atom. The Morgan fingerprint density at radius 2 is 2.06 bits per heavy atom. The largest absolute Gasteiger partial charge is 0.496 e. The Morgan fingerprint density at radius 3 is 2.75 bits per heavy atom. The van der Waals surface area contributed by atoms with Crippen molar-refractivity contribution in [2.75, 3.05) is 20.3 Å². The second kappa shape index (κ2) is 7.53. The fourth-order valence-corrected chi connectivity index (χ4v) is 1.82. The summed E-state index contributed by atoms with van der Waals surface area (Å²) in [5.74, 6) is 0.907. The molecular formula is C13H19ClO2. The van der Waals surface area contributed by atoms with Crippen LogP contribution in [0.2, 0.25) is 0 Å². The van der Waals surface area contributed by atoms with Crippen LogP contribution in [0.5, 0.6) is 5.75 Å². The lowest BCUT2D eigenvalue weighted by Gasteiger charge is -2.12. The quantitative estimate of drug-likeness (QED) is 0.540. The number of ether oxygens (including phenoxy) is 2. The van der Waals surface area contributed by atoms with Gasteiger partial charge in [0.1, 0.15) is 5.75 Å². The molecule has 0 radical (unpaired) electrons. The van der Waals surface area contributed by atoms with Crippen molar-refractivity contribution in [2.45, 2.75) is 25.1 Å². The van der Waals surface area contributed by atoms with Crippen LogP contribution in [0.15, 0.2) is 24.3 Å². The van der Waals surface area contributed by atoms with Crippen molar-refractivity contribution in [3.63, 3.8) is 0 Å². The molecule has 1 atom stereocenters. The molecule has 0 aromatic heterocycles. The highest BCUT2D eigenvalue weighted by Crippen LogP contribution is 2.21. The maximum absolute atomic E-state index is 6.24. The Kier molecular flexibility index (Phi) is 6.27. The van der Waals surface area contributed by atoms with E-state index in [2.05, 4.69) is 6.07 Å². The van der Waals surface area contributed by atoms with Gasteiger partial charge in [-0.2, -0.15) is 0 Å². The van der Waals surface area contributed by atoms with Gasteiger partial charge in [0.05, 0.1) is 7.11 Å². The molecule has 0 N–H and O–H groups in total. The van der Waals surface area contributed by atoms with E-state index in [1.54, 1.807) is 7.11 Å². The molecule has 0 fully saturated rings. The highest BCUT2D eigenvalue weighted by Gasteiger charge is 2.09. The highest BCUT2D eigenvalue weighted by molar-refractivity contribution is 6.20. The maximum Gasteiger partial charge on any atom is 0.122 e. The fourth-order valence-electron chi connectivity index (χ4n) is 1.57. The Balaban J connectivity index is 2.45. The highest BCUT2D eigenvalue weighted by atomic mass is 35.5. The van der Waals surface area contributed by atoms with Crippen LogP contribution in [0.4, 0.5) is 0 Å². The smallest absolute Gasteiger partial charge is 0.122 e. The van der Waals surface area contributed by atoms with Crippen LogP contribution in [0.3, 0.4) is 0 Å². The number of halogens is 1. The zero-order valence-electron chi connectivity index (χ0n) is 9.91. The van der Waals surface area contributed by atoms with Gasteiger partial charge in [0, 0.05) is 18.6 Å². The molecule has 0 saturated carbocycles. The third-order valence-corrected chi connectivity index (χ3v) is 2.79. The van der Waals surface area contributed by atoms with E-state index in [1.807, 2.05) is 25.1 Å². The van der Waals surface area contributed by atoms with Crippen molar-refractivity contribution in [2.24, 2.45) is 0 Å². The lowest BCUT2D eigenvalue weighted by Crippen LogP contribution is -2.08. The molecule has 0 heterocycles. The van der Waals surface area contributed by atoms with Crippen LogP contribution in [0.1, 0.15) is 18.9 Å². The van der Waals surface area contributed by atoms with E-state index >= 15 is 0 Å². The molecule has 0 bridgehead atoms. The van der Waals surface area contributed by atoms with Gasteiger partial charge in [0.15, 0.2) is 0 Å². The van der Waals surface area contributed by atoms with Gasteiger partial charge in [-0.25, -0.2) is 0 Å². The molecule has 0 aliphatic carbocycles. The number of benzene rings is 1. The summed E-state index contributed by atoms with van der Waals surface area (Å²) in [7, 11) is 1.68. The minimum absolute atomic E-state index is 0.0999. The molecule has 1 aromatic rings. The summed E-state index contributed by atoms with van der Waals surface area (Å²) >= 11 is 6.24. The van der Waals surface area contributed by atoms with Crippen molar-refractivity contribution in [3.8, 4) is 5.75 Å². The van der Waals surface area contributed by atoms with Crippen molar-refractivity contribution in [1.29, 1.82) is 0 Å². The van der Waals surface area contributed by atoms with E-state index in [0.29, 0.717) is 0 Å². The minimum atomic E-state index is 0.0999. The summed E-state index contributed by atoms with van der Waals surface area (Å²) < 4.78 is 10.6. The molecule has 2 nitrogen and oxygen atoms in total. The van der Waals surface area contributed by atoms with E-state index in [0.717, 1.165) is 37.4 Å². The Bertz CT molecular complexity index is 302. The van der Waals surface area contributed by atoms with Gasteiger partial charge in [0.2, 0.25) is 0 Å². The monoisotopic (exact) mass is 242 g/mol. The topological polar surface area (TPSA) is 18.5 Å². The molecule has 1 aromatic carbocycles. The van der Waals surface area contributed by atoms with Crippen molar-refractivity contribution in [3.05, 3.63) is 29.8 Å². The van der Waals surface area contributed by atoms with E-state index < -0.39 is 0 Å². The first-order chi connectivity index (χ1) is 7.77. The fraction of sp³-hybridized carbons (Fsp3) is 0.538. The number of hydrogen-bond acceptors (Lipinski definition) is 2. The van der Waals surface area contributed by atoms with Gasteiger partial charge in [-0.1, -0.05) is 18.2 Å². The molecule has 0 spiro atoms. The van der Waals surface area contributed by atoms with Crippen LogP contribution in [0, 0.1) is 0 Å². The van der Waals surface area contributed by atoms with Gasteiger partial charge in [-0.3, -0.25) is 0 Å². The van der Waals surface area contributed by atoms with E-state index in [9.17, 15) is 0 Å². The van der Waals surface area contributed by atoms with E-state index in [1.165, 1.54) is 0 Å². The van der Waals surface area contributed by atoms with Crippen molar-refractivity contribution >= 4 is 11.6 Å². The predicted molar refractivity (Wildman–Crippen MR) is 67.4 cm³/mol. The Labute approximate surface area is 103 Å². The molecule has 0 aliphatic heterocycles. The van der Waals surface area contributed by atoms with Crippen LogP contribution in [-0.4, -0.2) is 25.7 Å². The lowest BCUT2D eigenvalue weighted by molar-refractivity contribution is 0.144. The number of alkyl halides is 1. The normalized spacial score (nSPS) is 12.4.